The van der Waals surface area contributed by atoms with Crippen molar-refractivity contribution in [1.82, 2.24) is 5.32 Å². The minimum absolute atomic E-state index is 0.267. The largest absolute Gasteiger partial charge is 0.316 e. The van der Waals surface area contributed by atoms with Crippen molar-refractivity contribution in [3.63, 3.8) is 0 Å². The van der Waals surface area contributed by atoms with Crippen molar-refractivity contribution in [3.05, 3.63) is 29.8 Å². The third-order valence-corrected chi connectivity index (χ3v) is 4.80. The number of hydrogen-bond acceptors (Lipinski definition) is 3. The molecule has 1 aliphatic heterocycles. The molecule has 17 heavy (non-hydrogen) atoms. The lowest BCUT2D eigenvalue weighted by Gasteiger charge is -2.28. The molecule has 1 heterocycles. The van der Waals surface area contributed by atoms with Crippen LogP contribution in [0.4, 0.5) is 5.69 Å². The maximum absolute atomic E-state index is 12.0. The molecule has 4 nitrogen and oxygen atoms in total. The highest BCUT2D eigenvalue weighted by Gasteiger charge is 2.25. The second-order valence-corrected chi connectivity index (χ2v) is 6.31. The molecule has 0 unspecified atom stereocenters. The van der Waals surface area contributed by atoms with Gasteiger partial charge in [0, 0.05) is 13.1 Å². The van der Waals surface area contributed by atoms with Crippen LogP contribution in [0.5, 0.6) is 0 Å². The molecule has 0 spiro atoms. The van der Waals surface area contributed by atoms with E-state index in [2.05, 4.69) is 5.32 Å². The van der Waals surface area contributed by atoms with Gasteiger partial charge in [0.15, 0.2) is 0 Å². The van der Waals surface area contributed by atoms with Crippen molar-refractivity contribution < 1.29 is 8.42 Å². The Hall–Kier alpha value is -1.07. The summed E-state index contributed by atoms with van der Waals surface area (Å²) in [6, 6.07) is 7.71. The first-order valence-corrected chi connectivity index (χ1v) is 7.48. The van der Waals surface area contributed by atoms with Gasteiger partial charge in [-0.3, -0.25) is 4.31 Å². The minimum Gasteiger partial charge on any atom is -0.316 e. The first-order valence-electron chi connectivity index (χ1n) is 5.87. The molecule has 1 aliphatic rings. The molecule has 0 saturated carbocycles. The number of rotatable bonds is 3. The summed E-state index contributed by atoms with van der Waals surface area (Å²) in [4.78, 5) is 0. The van der Waals surface area contributed by atoms with Gasteiger partial charge in [-0.05, 0) is 37.6 Å². The summed E-state index contributed by atoms with van der Waals surface area (Å²) in [7, 11) is -1.22. The fourth-order valence-corrected chi connectivity index (χ4v) is 3.74. The Morgan fingerprint density at radius 3 is 2.88 bits per heavy atom. The maximum Gasteiger partial charge on any atom is 0.235 e. The van der Waals surface area contributed by atoms with E-state index in [0.717, 1.165) is 30.6 Å². The normalized spacial score (nSPS) is 19.2. The lowest BCUT2D eigenvalue weighted by atomic mass is 10.2. The van der Waals surface area contributed by atoms with Crippen molar-refractivity contribution in [2.24, 2.45) is 0 Å². The zero-order chi connectivity index (χ0) is 12.3. The molecule has 0 amide bonds. The van der Waals surface area contributed by atoms with Crippen LogP contribution in [-0.4, -0.2) is 27.8 Å². The van der Waals surface area contributed by atoms with Gasteiger partial charge in [-0.2, -0.15) is 0 Å². The minimum atomic E-state index is -3.10. The van der Waals surface area contributed by atoms with Crippen LogP contribution < -0.4 is 9.62 Å². The molecule has 2 rings (SSSR count). The van der Waals surface area contributed by atoms with Crippen molar-refractivity contribution in [2.45, 2.75) is 19.4 Å². The summed E-state index contributed by atoms with van der Waals surface area (Å²) in [5.41, 5.74) is 1.89. The third kappa shape index (κ3) is 2.79. The number of anilines is 1. The van der Waals surface area contributed by atoms with Gasteiger partial charge < -0.3 is 5.32 Å². The van der Waals surface area contributed by atoms with Gasteiger partial charge in [-0.1, -0.05) is 12.1 Å². The maximum atomic E-state index is 12.0. The number of benzene rings is 1. The molecule has 0 radical (unpaired) electrons. The lowest BCUT2D eigenvalue weighted by Crippen LogP contribution is -2.37. The van der Waals surface area contributed by atoms with Gasteiger partial charge in [0.05, 0.1) is 11.4 Å². The summed E-state index contributed by atoms with van der Waals surface area (Å²) in [6.07, 6.45) is 1.71. The second-order valence-electron chi connectivity index (χ2n) is 4.30. The highest BCUT2D eigenvalue weighted by Crippen LogP contribution is 2.24. The molecular weight excluding hydrogens is 236 g/mol. The van der Waals surface area contributed by atoms with E-state index in [0.29, 0.717) is 6.54 Å². The summed E-state index contributed by atoms with van der Waals surface area (Å²) in [5.74, 6) is 0.267. The molecule has 5 heteroatoms. The van der Waals surface area contributed by atoms with E-state index in [1.54, 1.807) is 0 Å². The molecule has 1 N–H and O–H groups in total. The van der Waals surface area contributed by atoms with E-state index in [1.165, 1.54) is 4.31 Å². The van der Waals surface area contributed by atoms with Crippen LogP contribution in [0.15, 0.2) is 24.3 Å². The highest BCUT2D eigenvalue weighted by molar-refractivity contribution is 7.92. The second kappa shape index (κ2) is 5.06. The number of nitrogens with one attached hydrogen (secondary N) is 1. The number of sulfonamides is 1. The summed E-state index contributed by atoms with van der Waals surface area (Å²) in [5, 5.41) is 3.07. The zero-order valence-electron chi connectivity index (χ0n) is 10.0. The average molecular weight is 254 g/mol. The number of nitrogens with zero attached hydrogens (tertiary/aromatic N) is 1. The fraction of sp³-hybridized carbons (Fsp3) is 0.500. The van der Waals surface area contributed by atoms with Gasteiger partial charge in [0.25, 0.3) is 0 Å². The van der Waals surface area contributed by atoms with E-state index in [1.807, 2.05) is 31.3 Å². The van der Waals surface area contributed by atoms with Crippen LogP contribution in [0.1, 0.15) is 18.4 Å². The van der Waals surface area contributed by atoms with Crippen LogP contribution in [0.3, 0.4) is 0 Å². The monoisotopic (exact) mass is 254 g/mol. The Morgan fingerprint density at radius 2 is 2.18 bits per heavy atom. The van der Waals surface area contributed by atoms with E-state index in [4.69, 9.17) is 0 Å². The van der Waals surface area contributed by atoms with Crippen LogP contribution in [0.25, 0.3) is 0 Å². The molecule has 0 bridgehead atoms. The van der Waals surface area contributed by atoms with Crippen LogP contribution in [-0.2, 0) is 16.6 Å². The quantitative estimate of drug-likeness (QED) is 0.885. The van der Waals surface area contributed by atoms with Crippen LogP contribution in [0, 0.1) is 0 Å². The fourth-order valence-electron chi connectivity index (χ4n) is 2.10. The van der Waals surface area contributed by atoms with Gasteiger partial charge in [0.2, 0.25) is 10.0 Å². The molecule has 0 aromatic heterocycles. The van der Waals surface area contributed by atoms with E-state index < -0.39 is 10.0 Å². The summed E-state index contributed by atoms with van der Waals surface area (Å²) < 4.78 is 25.5. The standard InChI is InChI=1S/C12H18N2O2S/c1-13-10-11-5-4-6-12(9-11)14-7-2-3-8-17(14,15)16/h4-6,9,13H,2-3,7-8,10H2,1H3. The Balaban J connectivity index is 2.29. The Labute approximate surface area is 103 Å². The molecule has 94 valence electrons. The van der Waals surface area contributed by atoms with E-state index >= 15 is 0 Å². The van der Waals surface area contributed by atoms with Crippen LogP contribution >= 0.6 is 0 Å². The predicted molar refractivity (Wildman–Crippen MR) is 69.6 cm³/mol. The Kier molecular flexibility index (Phi) is 3.69. The Bertz CT molecular complexity index is 485. The van der Waals surface area contributed by atoms with Crippen molar-refractivity contribution >= 4 is 15.7 Å². The smallest absolute Gasteiger partial charge is 0.235 e. The number of hydrogen-bond donors (Lipinski definition) is 1. The highest BCUT2D eigenvalue weighted by atomic mass is 32.2. The molecule has 0 aliphatic carbocycles. The molecule has 1 aromatic carbocycles. The van der Waals surface area contributed by atoms with Gasteiger partial charge >= 0.3 is 0 Å². The third-order valence-electron chi connectivity index (χ3n) is 2.93. The van der Waals surface area contributed by atoms with Crippen LogP contribution in [0.2, 0.25) is 0 Å². The molecule has 1 saturated heterocycles. The first-order chi connectivity index (χ1) is 8.13. The van der Waals surface area contributed by atoms with Gasteiger partial charge in [0.1, 0.15) is 0 Å². The zero-order valence-corrected chi connectivity index (χ0v) is 10.8. The van der Waals surface area contributed by atoms with Gasteiger partial charge in [-0.25, -0.2) is 8.42 Å². The predicted octanol–water partition coefficient (Wildman–Crippen LogP) is 1.34. The van der Waals surface area contributed by atoms with E-state index in [9.17, 15) is 8.42 Å². The SMILES string of the molecule is CNCc1cccc(N2CCCCS2(=O)=O)c1. The summed E-state index contributed by atoms with van der Waals surface area (Å²) in [6.45, 7) is 1.35. The Morgan fingerprint density at radius 1 is 1.35 bits per heavy atom. The molecule has 1 aromatic rings. The molecular formula is C12H18N2O2S. The first kappa shape index (κ1) is 12.4. The molecule has 1 fully saturated rings. The summed E-state index contributed by atoms with van der Waals surface area (Å²) >= 11 is 0. The van der Waals surface area contributed by atoms with E-state index in [-0.39, 0.29) is 5.75 Å². The van der Waals surface area contributed by atoms with Crippen molar-refractivity contribution in [1.29, 1.82) is 0 Å². The topological polar surface area (TPSA) is 49.4 Å². The van der Waals surface area contributed by atoms with Crippen molar-refractivity contribution in [2.75, 3.05) is 23.7 Å². The average Bonchev–Trinajstić information content (AvgIpc) is 2.29. The lowest BCUT2D eigenvalue weighted by molar-refractivity contribution is 0.574. The van der Waals surface area contributed by atoms with Gasteiger partial charge in [-0.15, -0.1) is 0 Å². The molecule has 0 atom stereocenters. The van der Waals surface area contributed by atoms with Crippen molar-refractivity contribution in [3.8, 4) is 0 Å².